The summed E-state index contributed by atoms with van der Waals surface area (Å²) >= 11 is 0. The third-order valence-electron chi connectivity index (χ3n) is 8.58. The molecule has 1 aliphatic carbocycles. The molecule has 0 spiro atoms. The molecule has 2 aliphatic heterocycles. The Bertz CT molecular complexity index is 1110. The van der Waals surface area contributed by atoms with Crippen LogP contribution in [0, 0.1) is 11.8 Å². The van der Waals surface area contributed by atoms with Gasteiger partial charge in [-0.1, -0.05) is 43.2 Å². The lowest BCUT2D eigenvalue weighted by Crippen LogP contribution is -2.59. The van der Waals surface area contributed by atoms with Crippen LogP contribution in [0.2, 0.25) is 0 Å². The van der Waals surface area contributed by atoms with Crippen LogP contribution in [0.15, 0.2) is 30.3 Å². The standard InChI is InChI=1S/C29H45N3O6S/c1-19-26(13-14-39(19,36)37)38-28(35)30-23(15-20-9-6-5-7-10-20)25(33)18-32-17-22-12-8-11-21(22)16-24(32)27(34)31-29(2,3)4/h5-7,9-10,19,21-26,33H,8,11-18H2,1-4H3,(H,30,35)(H,31,34)/t19-,21-,22+,23-,24-,25+,26-/m0/s1. The molecule has 2 saturated heterocycles. The molecular weight excluding hydrogens is 518 g/mol. The number of amides is 2. The zero-order valence-electron chi connectivity index (χ0n) is 23.6. The number of benzene rings is 1. The van der Waals surface area contributed by atoms with Crippen molar-refractivity contribution >= 4 is 21.8 Å². The van der Waals surface area contributed by atoms with Crippen molar-refractivity contribution in [1.82, 2.24) is 15.5 Å². The lowest BCUT2D eigenvalue weighted by molar-refractivity contribution is -0.131. The van der Waals surface area contributed by atoms with E-state index >= 15 is 0 Å². The Hall–Kier alpha value is -2.17. The Balaban J connectivity index is 1.48. The number of likely N-dealkylation sites (tertiary alicyclic amines) is 1. The molecule has 0 radical (unpaired) electrons. The highest BCUT2D eigenvalue weighted by atomic mass is 32.2. The maximum atomic E-state index is 13.3. The molecule has 39 heavy (non-hydrogen) atoms. The summed E-state index contributed by atoms with van der Waals surface area (Å²) in [5, 5.41) is 16.7. The van der Waals surface area contributed by atoms with Crippen LogP contribution in [0.4, 0.5) is 4.79 Å². The van der Waals surface area contributed by atoms with Gasteiger partial charge in [0.15, 0.2) is 9.84 Å². The van der Waals surface area contributed by atoms with Crippen LogP contribution in [0.25, 0.3) is 0 Å². The van der Waals surface area contributed by atoms with Gasteiger partial charge >= 0.3 is 6.09 Å². The van der Waals surface area contributed by atoms with Gasteiger partial charge in [0.25, 0.3) is 0 Å². The fraction of sp³-hybridized carbons (Fsp3) is 0.724. The molecular formula is C29H45N3O6S. The summed E-state index contributed by atoms with van der Waals surface area (Å²) in [5.74, 6) is 1.000. The highest BCUT2D eigenvalue weighted by Gasteiger charge is 2.43. The van der Waals surface area contributed by atoms with Gasteiger partial charge in [-0.3, -0.25) is 9.69 Å². The van der Waals surface area contributed by atoms with Gasteiger partial charge in [0.2, 0.25) is 5.91 Å². The molecule has 0 unspecified atom stereocenters. The van der Waals surface area contributed by atoms with Gasteiger partial charge in [-0.2, -0.15) is 0 Å². The number of ether oxygens (including phenoxy) is 1. The van der Waals surface area contributed by atoms with Crippen LogP contribution in [0.5, 0.6) is 0 Å². The van der Waals surface area contributed by atoms with Gasteiger partial charge in [0.05, 0.1) is 29.2 Å². The largest absolute Gasteiger partial charge is 0.445 e. The van der Waals surface area contributed by atoms with Gasteiger partial charge in [0.1, 0.15) is 6.10 Å². The molecule has 7 atom stereocenters. The first-order chi connectivity index (χ1) is 18.3. The molecule has 1 saturated carbocycles. The number of hydrogen-bond acceptors (Lipinski definition) is 7. The molecule has 2 heterocycles. The molecule has 3 N–H and O–H groups in total. The average molecular weight is 564 g/mol. The number of carbonyl (C=O) groups is 2. The van der Waals surface area contributed by atoms with E-state index in [1.807, 2.05) is 51.1 Å². The molecule has 0 bridgehead atoms. The summed E-state index contributed by atoms with van der Waals surface area (Å²) in [7, 11) is -3.27. The predicted molar refractivity (Wildman–Crippen MR) is 150 cm³/mol. The second-order valence-electron chi connectivity index (χ2n) is 12.7. The molecule has 10 heteroatoms. The molecule has 4 rings (SSSR count). The summed E-state index contributed by atoms with van der Waals surface area (Å²) in [6.07, 6.45) is 2.43. The van der Waals surface area contributed by atoms with Crippen LogP contribution < -0.4 is 10.6 Å². The number of fused-ring (bicyclic) bond motifs is 1. The molecule has 0 aromatic heterocycles. The number of nitrogens with one attached hydrogen (secondary N) is 2. The van der Waals surface area contributed by atoms with E-state index in [0.717, 1.165) is 31.4 Å². The Morgan fingerprint density at radius 1 is 1.13 bits per heavy atom. The zero-order valence-corrected chi connectivity index (χ0v) is 24.5. The minimum Gasteiger partial charge on any atom is -0.445 e. The fourth-order valence-corrected chi connectivity index (χ4v) is 7.97. The van der Waals surface area contributed by atoms with Crippen LogP contribution in [-0.2, 0) is 25.8 Å². The van der Waals surface area contributed by atoms with Crippen molar-refractivity contribution in [2.24, 2.45) is 11.8 Å². The summed E-state index contributed by atoms with van der Waals surface area (Å²) in [5.41, 5.74) is 0.579. The number of nitrogens with zero attached hydrogens (tertiary/aromatic N) is 1. The number of sulfone groups is 1. The fourth-order valence-electron chi connectivity index (χ4n) is 6.38. The van der Waals surface area contributed by atoms with Crippen molar-refractivity contribution < 1.29 is 27.9 Å². The third kappa shape index (κ3) is 7.73. The number of hydrogen-bond donors (Lipinski definition) is 3. The topological polar surface area (TPSA) is 125 Å². The summed E-state index contributed by atoms with van der Waals surface area (Å²) in [6.45, 7) is 8.43. The number of piperidine rings is 1. The molecule has 218 valence electrons. The normalized spacial score (nSPS) is 30.2. The molecule has 9 nitrogen and oxygen atoms in total. The number of alkyl carbamates (subject to hydrolysis) is 1. The number of aliphatic hydroxyl groups is 1. The van der Waals surface area contributed by atoms with Gasteiger partial charge < -0.3 is 20.5 Å². The second-order valence-corrected chi connectivity index (χ2v) is 15.2. The maximum absolute atomic E-state index is 13.3. The first-order valence-corrected chi connectivity index (χ1v) is 16.0. The number of β-amino-alcohol motifs (C(OH)–C–C–N with tert-alkyl or cyclic N) is 1. The molecule has 3 aliphatic rings. The van der Waals surface area contributed by atoms with Crippen LogP contribution in [0.3, 0.4) is 0 Å². The average Bonchev–Trinajstić information content (AvgIpc) is 3.41. The van der Waals surface area contributed by atoms with E-state index in [4.69, 9.17) is 4.74 Å². The SMILES string of the molecule is C[C@H]1[C@@H](OC(=O)N[C@@H](Cc2ccccc2)[C@H](O)CN2C[C@H]3CCC[C@H]3C[C@H]2C(=O)NC(C)(C)C)CCS1(=O)=O. The molecule has 3 fully saturated rings. The van der Waals surface area contributed by atoms with Crippen molar-refractivity contribution in [1.29, 1.82) is 0 Å². The van der Waals surface area contributed by atoms with E-state index in [9.17, 15) is 23.1 Å². The van der Waals surface area contributed by atoms with Gasteiger partial charge in [-0.15, -0.1) is 0 Å². The van der Waals surface area contributed by atoms with E-state index in [0.29, 0.717) is 18.3 Å². The van der Waals surface area contributed by atoms with E-state index in [1.165, 1.54) is 6.42 Å². The Morgan fingerprint density at radius 3 is 2.46 bits per heavy atom. The van der Waals surface area contributed by atoms with E-state index < -0.39 is 39.4 Å². The second kappa shape index (κ2) is 12.1. The first kappa shape index (κ1) is 29.8. The van der Waals surface area contributed by atoms with Gasteiger partial charge in [0, 0.05) is 18.6 Å². The van der Waals surface area contributed by atoms with Crippen molar-refractivity contribution in [3.63, 3.8) is 0 Å². The minimum atomic E-state index is -3.27. The van der Waals surface area contributed by atoms with Gasteiger partial charge in [-0.05, 0) is 70.8 Å². The predicted octanol–water partition coefficient (Wildman–Crippen LogP) is 2.67. The molecule has 1 aromatic rings. The minimum absolute atomic E-state index is 0.00266. The quantitative estimate of drug-likeness (QED) is 0.444. The van der Waals surface area contributed by atoms with Gasteiger partial charge in [-0.25, -0.2) is 13.2 Å². The number of carbonyl (C=O) groups excluding carboxylic acids is 2. The third-order valence-corrected chi connectivity index (χ3v) is 10.8. The maximum Gasteiger partial charge on any atom is 0.407 e. The Morgan fingerprint density at radius 2 is 1.82 bits per heavy atom. The van der Waals surface area contributed by atoms with Crippen LogP contribution in [-0.4, -0.2) is 84.3 Å². The molecule has 2 amide bonds. The zero-order chi connectivity index (χ0) is 28.4. The number of aliphatic hydroxyl groups excluding tert-OH is 1. The molecule has 1 aromatic carbocycles. The van der Waals surface area contributed by atoms with Crippen molar-refractivity contribution in [3.05, 3.63) is 35.9 Å². The van der Waals surface area contributed by atoms with E-state index in [-0.39, 0.29) is 36.2 Å². The van der Waals surface area contributed by atoms with Crippen molar-refractivity contribution in [3.8, 4) is 0 Å². The lowest BCUT2D eigenvalue weighted by Gasteiger charge is -2.43. The van der Waals surface area contributed by atoms with Crippen molar-refractivity contribution in [2.75, 3.05) is 18.8 Å². The van der Waals surface area contributed by atoms with Crippen LogP contribution >= 0.6 is 0 Å². The van der Waals surface area contributed by atoms with Crippen LogP contribution in [0.1, 0.15) is 65.4 Å². The monoisotopic (exact) mass is 563 g/mol. The first-order valence-electron chi connectivity index (χ1n) is 14.3. The summed E-state index contributed by atoms with van der Waals surface area (Å²) < 4.78 is 29.7. The van der Waals surface area contributed by atoms with E-state index in [1.54, 1.807) is 6.92 Å². The lowest BCUT2D eigenvalue weighted by atomic mass is 9.83. The summed E-state index contributed by atoms with van der Waals surface area (Å²) in [4.78, 5) is 28.3. The smallest absolute Gasteiger partial charge is 0.407 e. The summed E-state index contributed by atoms with van der Waals surface area (Å²) in [6, 6.07) is 8.56. The Labute approximate surface area is 233 Å². The highest BCUT2D eigenvalue weighted by molar-refractivity contribution is 7.92. The van der Waals surface area contributed by atoms with Crippen molar-refractivity contribution in [2.45, 2.75) is 101 Å². The number of rotatable bonds is 8. The highest BCUT2D eigenvalue weighted by Crippen LogP contribution is 2.40. The van der Waals surface area contributed by atoms with E-state index in [2.05, 4.69) is 15.5 Å². The Kier molecular flexibility index (Phi) is 9.28.